The van der Waals surface area contributed by atoms with Gasteiger partial charge in [-0.3, -0.25) is 24.4 Å². The Bertz CT molecular complexity index is 906. The number of halogens is 6. The predicted molar refractivity (Wildman–Crippen MR) is 90.9 cm³/mol. The first-order valence-corrected chi connectivity index (χ1v) is 10.0. The second-order valence-electron chi connectivity index (χ2n) is 8.62. The fourth-order valence-electron chi connectivity index (χ4n) is 4.63. The Hall–Kier alpha value is -2.26. The van der Waals surface area contributed by atoms with Crippen LogP contribution in [0.2, 0.25) is 0 Å². The number of aromatic nitrogens is 2. The third-order valence-electron chi connectivity index (χ3n) is 6.23. The molecule has 0 atom stereocenters. The number of nitrogens with zero attached hydrogens (tertiary/aromatic N) is 2. The highest BCUT2D eigenvalue weighted by molar-refractivity contribution is 6.00. The summed E-state index contributed by atoms with van der Waals surface area (Å²) in [6.07, 6.45) is -8.12. The fraction of sp³-hybridized carbons (Fsp3) is 0.778. The van der Waals surface area contributed by atoms with Crippen LogP contribution in [0, 0.1) is 5.41 Å². The first-order valence-electron chi connectivity index (χ1n) is 10.0. The van der Waals surface area contributed by atoms with Crippen molar-refractivity contribution in [1.29, 1.82) is 0 Å². The molecular weight excluding hydrogens is 468 g/mol. The average Bonchev–Trinajstić information content (AvgIpc) is 3.03. The van der Waals surface area contributed by atoms with E-state index in [9.17, 15) is 35.9 Å². The molecule has 2 bridgehead atoms. The number of ether oxygens (including phenoxy) is 3. The maximum atomic E-state index is 12.7. The van der Waals surface area contributed by atoms with Crippen LogP contribution >= 0.6 is 0 Å². The van der Waals surface area contributed by atoms with Gasteiger partial charge in [0.1, 0.15) is 6.61 Å². The Kier molecular flexibility index (Phi) is 5.72. The lowest BCUT2D eigenvalue weighted by Crippen LogP contribution is -2.70. The van der Waals surface area contributed by atoms with E-state index in [1.807, 2.05) is 0 Å². The molecule has 1 heterocycles. The Labute approximate surface area is 182 Å². The number of alkyl halides is 6. The zero-order chi connectivity index (χ0) is 24.1. The molecule has 0 radical (unpaired) electrons. The number of hydrogen-bond acceptors (Lipinski definition) is 8. The van der Waals surface area contributed by atoms with Crippen molar-refractivity contribution in [3.05, 3.63) is 11.8 Å². The van der Waals surface area contributed by atoms with Gasteiger partial charge in [-0.2, -0.15) is 0 Å². The Balaban J connectivity index is 1.25. The van der Waals surface area contributed by atoms with Crippen molar-refractivity contribution in [1.82, 2.24) is 15.5 Å². The van der Waals surface area contributed by atoms with E-state index in [1.54, 1.807) is 0 Å². The topological polar surface area (TPSA) is 113 Å². The van der Waals surface area contributed by atoms with Gasteiger partial charge in [-0.1, -0.05) is 0 Å². The number of hydrogen-bond donors (Lipinski definition) is 1. The van der Waals surface area contributed by atoms with E-state index < -0.39 is 60.8 Å². The van der Waals surface area contributed by atoms with Crippen LogP contribution in [-0.2, 0) is 34.8 Å². The van der Waals surface area contributed by atoms with Crippen molar-refractivity contribution in [3.63, 3.8) is 0 Å². The molecule has 2 amide bonds. The molecule has 4 saturated carbocycles. The maximum Gasteiger partial charge on any atom is 0.523 e. The molecule has 4 aliphatic rings. The number of imide groups is 1. The highest BCUT2D eigenvalue weighted by Gasteiger charge is 2.74. The zero-order valence-electron chi connectivity index (χ0n) is 17.0. The number of carbonyl (C=O) groups excluding carboxylic acids is 2. The Morgan fingerprint density at radius 1 is 0.970 bits per heavy atom. The average molecular weight is 487 g/mol. The van der Waals surface area contributed by atoms with E-state index in [0.29, 0.717) is 6.42 Å². The third-order valence-corrected chi connectivity index (χ3v) is 6.23. The summed E-state index contributed by atoms with van der Waals surface area (Å²) in [5.41, 5.74) is -3.17. The normalized spacial score (nSPS) is 27.8. The highest BCUT2D eigenvalue weighted by atomic mass is 19.4. The van der Waals surface area contributed by atoms with Crippen LogP contribution in [0.1, 0.15) is 50.3 Å². The highest BCUT2D eigenvalue weighted by Crippen LogP contribution is 2.73. The lowest BCUT2D eigenvalue weighted by atomic mass is 9.34. The molecule has 1 N–H and O–H groups in total. The maximum absolute atomic E-state index is 12.7. The van der Waals surface area contributed by atoms with Gasteiger partial charge in [0.2, 0.25) is 17.7 Å². The lowest BCUT2D eigenvalue weighted by Gasteiger charge is -2.67. The second kappa shape index (κ2) is 7.91. The lowest BCUT2D eigenvalue weighted by molar-refractivity contribution is -0.387. The molecule has 9 nitrogen and oxygen atoms in total. The van der Waals surface area contributed by atoms with Crippen LogP contribution in [0.25, 0.3) is 0 Å². The minimum atomic E-state index is -4.85. The molecule has 4 fully saturated rings. The summed E-state index contributed by atoms with van der Waals surface area (Å²) in [4.78, 5) is 24.2. The molecule has 0 aliphatic heterocycles. The summed E-state index contributed by atoms with van der Waals surface area (Å²) < 4.78 is 91.7. The number of amides is 2. The van der Waals surface area contributed by atoms with Gasteiger partial charge in [-0.25, -0.2) is 0 Å². The summed E-state index contributed by atoms with van der Waals surface area (Å²) in [5, 5.41) is 9.76. The fourth-order valence-corrected chi connectivity index (χ4v) is 4.63. The van der Waals surface area contributed by atoms with Crippen molar-refractivity contribution in [3.8, 4) is 0 Å². The Morgan fingerprint density at radius 2 is 1.61 bits per heavy atom. The van der Waals surface area contributed by atoms with Crippen LogP contribution in [0.3, 0.4) is 0 Å². The minimum absolute atomic E-state index is 0.0972. The summed E-state index contributed by atoms with van der Waals surface area (Å²) in [6.45, 7) is -1.91. The van der Waals surface area contributed by atoms with Crippen LogP contribution in [0.15, 0.2) is 4.42 Å². The SMILES string of the molecule is O=C(COCCOC(F)(F)F)NC(=O)C12CC(c3nnc(C4(OC(F)(F)F)CCC4)o3)(C1)C2. The van der Waals surface area contributed by atoms with Gasteiger partial charge in [0.15, 0.2) is 5.60 Å². The number of carbonyl (C=O) groups is 2. The van der Waals surface area contributed by atoms with Crippen LogP contribution < -0.4 is 5.32 Å². The first-order chi connectivity index (χ1) is 15.3. The molecule has 33 heavy (non-hydrogen) atoms. The van der Waals surface area contributed by atoms with Crippen molar-refractivity contribution in [2.75, 3.05) is 19.8 Å². The molecule has 15 heteroatoms. The molecule has 184 valence electrons. The van der Waals surface area contributed by atoms with E-state index in [0.717, 1.165) is 0 Å². The molecule has 4 aliphatic carbocycles. The van der Waals surface area contributed by atoms with Crippen molar-refractivity contribution in [2.24, 2.45) is 5.41 Å². The minimum Gasteiger partial charge on any atom is -0.421 e. The quantitative estimate of drug-likeness (QED) is 0.418. The largest absolute Gasteiger partial charge is 0.523 e. The van der Waals surface area contributed by atoms with Gasteiger partial charge in [0.25, 0.3) is 5.91 Å². The molecule has 1 aromatic heterocycles. The summed E-state index contributed by atoms with van der Waals surface area (Å²) in [5.74, 6) is -1.50. The van der Waals surface area contributed by atoms with Crippen molar-refractivity contribution in [2.45, 2.75) is 62.3 Å². The van der Waals surface area contributed by atoms with E-state index in [-0.39, 0.29) is 43.9 Å². The van der Waals surface area contributed by atoms with Crippen LogP contribution in [0.5, 0.6) is 0 Å². The predicted octanol–water partition coefficient (Wildman–Crippen LogP) is 2.60. The standard InChI is InChI=1S/C18H19F6N3O6/c19-17(20,21)31-5-4-30-6-10(28)25-11(29)14-7-15(8-14,9-14)12-26-27-13(32-12)16(2-1-3-16)33-18(22,23)24/h1-9H2,(H,25,28,29). The summed E-state index contributed by atoms with van der Waals surface area (Å²) in [6, 6.07) is 0. The van der Waals surface area contributed by atoms with Gasteiger partial charge in [-0.15, -0.1) is 36.5 Å². The Morgan fingerprint density at radius 3 is 2.15 bits per heavy atom. The van der Waals surface area contributed by atoms with Gasteiger partial charge < -0.3 is 9.15 Å². The molecular formula is C18H19F6N3O6. The molecule has 0 spiro atoms. The molecule has 5 rings (SSSR count). The van der Waals surface area contributed by atoms with E-state index in [2.05, 4.69) is 25.0 Å². The molecule has 0 saturated heterocycles. The molecule has 0 aromatic carbocycles. The van der Waals surface area contributed by atoms with Crippen molar-refractivity contribution < 1.29 is 54.6 Å². The first kappa shape index (κ1) is 23.9. The summed E-state index contributed by atoms with van der Waals surface area (Å²) >= 11 is 0. The van der Waals surface area contributed by atoms with Gasteiger partial charge in [0, 0.05) is 0 Å². The second-order valence-corrected chi connectivity index (χ2v) is 8.62. The van der Waals surface area contributed by atoms with Crippen LogP contribution in [0.4, 0.5) is 26.3 Å². The third kappa shape index (κ3) is 4.71. The number of nitrogens with one attached hydrogen (secondary N) is 1. The van der Waals surface area contributed by atoms with E-state index >= 15 is 0 Å². The smallest absolute Gasteiger partial charge is 0.421 e. The molecule has 0 unspecified atom stereocenters. The van der Waals surface area contributed by atoms with Gasteiger partial charge in [-0.05, 0) is 38.5 Å². The van der Waals surface area contributed by atoms with Gasteiger partial charge >= 0.3 is 12.7 Å². The van der Waals surface area contributed by atoms with E-state index in [4.69, 9.17) is 9.15 Å². The summed E-state index contributed by atoms with van der Waals surface area (Å²) in [7, 11) is 0. The number of rotatable bonds is 9. The monoisotopic (exact) mass is 487 g/mol. The molecule has 1 aromatic rings. The zero-order valence-corrected chi connectivity index (χ0v) is 17.0. The van der Waals surface area contributed by atoms with Crippen LogP contribution in [-0.4, -0.2) is 54.6 Å². The van der Waals surface area contributed by atoms with E-state index in [1.165, 1.54) is 0 Å². The van der Waals surface area contributed by atoms with Gasteiger partial charge in [0.05, 0.1) is 24.0 Å². The van der Waals surface area contributed by atoms with Crippen molar-refractivity contribution >= 4 is 11.8 Å².